The Morgan fingerprint density at radius 1 is 0.923 bits per heavy atom. The van der Waals surface area contributed by atoms with Gasteiger partial charge in [0.1, 0.15) is 0 Å². The Labute approximate surface area is 80.5 Å². The molecule has 0 spiro atoms. The third-order valence-electron chi connectivity index (χ3n) is 3.02. The lowest BCUT2D eigenvalue weighted by Crippen LogP contribution is -2.36. The minimum Gasteiger partial charge on any atom is -0.361 e. The van der Waals surface area contributed by atoms with E-state index < -0.39 is 0 Å². The fourth-order valence-corrected chi connectivity index (χ4v) is 2.27. The molecule has 0 aliphatic heterocycles. The summed E-state index contributed by atoms with van der Waals surface area (Å²) in [6.45, 7) is 4.38. The summed E-state index contributed by atoms with van der Waals surface area (Å²) < 4.78 is 6.17. The van der Waals surface area contributed by atoms with Gasteiger partial charge in [-0.25, -0.2) is 0 Å². The zero-order valence-electron chi connectivity index (χ0n) is 8.55. The van der Waals surface area contributed by atoms with Gasteiger partial charge in [0.05, 0.1) is 11.2 Å². The molecule has 0 fully saturated rings. The van der Waals surface area contributed by atoms with Crippen LogP contribution in [0.5, 0.6) is 0 Å². The Bertz CT molecular complexity index is 228. The van der Waals surface area contributed by atoms with Crippen LogP contribution in [0, 0.1) is 0 Å². The molecule has 0 saturated carbocycles. The van der Waals surface area contributed by atoms with Crippen LogP contribution in [0.2, 0.25) is 0 Å². The number of rotatable bonds is 2. The highest BCUT2D eigenvalue weighted by molar-refractivity contribution is 5.13. The molecule has 0 amide bonds. The van der Waals surface area contributed by atoms with Gasteiger partial charge >= 0.3 is 0 Å². The first-order chi connectivity index (χ1) is 6.12. The van der Waals surface area contributed by atoms with Gasteiger partial charge in [-0.1, -0.05) is 24.3 Å². The summed E-state index contributed by atoms with van der Waals surface area (Å²) in [6.07, 6.45) is 13.5. The lowest BCUT2D eigenvalue weighted by Gasteiger charge is -2.33. The molecule has 0 bridgehead atoms. The Morgan fingerprint density at radius 3 is 1.69 bits per heavy atom. The Balaban J connectivity index is 2.04. The number of ether oxygens (including phenoxy) is 1. The summed E-state index contributed by atoms with van der Waals surface area (Å²) >= 11 is 0. The SMILES string of the molecule is CC1(OC2(C)C=CCC2)C=CCC1. The Morgan fingerprint density at radius 2 is 1.38 bits per heavy atom. The van der Waals surface area contributed by atoms with Crippen LogP contribution in [0.3, 0.4) is 0 Å². The molecule has 0 aromatic carbocycles. The molecule has 0 heterocycles. The predicted octanol–water partition coefficient (Wildman–Crippen LogP) is 3.22. The largest absolute Gasteiger partial charge is 0.361 e. The lowest BCUT2D eigenvalue weighted by atomic mass is 10.0. The van der Waals surface area contributed by atoms with E-state index in [4.69, 9.17) is 4.74 Å². The van der Waals surface area contributed by atoms with Crippen LogP contribution in [0.1, 0.15) is 39.5 Å². The van der Waals surface area contributed by atoms with E-state index in [-0.39, 0.29) is 11.2 Å². The molecule has 0 aromatic heterocycles. The zero-order chi connectivity index (χ0) is 9.36. The van der Waals surface area contributed by atoms with E-state index >= 15 is 0 Å². The summed E-state index contributed by atoms with van der Waals surface area (Å²) in [5.74, 6) is 0. The topological polar surface area (TPSA) is 9.23 Å². The lowest BCUT2D eigenvalue weighted by molar-refractivity contribution is -0.0877. The molecule has 13 heavy (non-hydrogen) atoms. The molecule has 2 aliphatic rings. The van der Waals surface area contributed by atoms with Crippen molar-refractivity contribution < 1.29 is 4.74 Å². The molecule has 0 saturated heterocycles. The highest BCUT2D eigenvalue weighted by Crippen LogP contribution is 2.36. The predicted molar refractivity (Wildman–Crippen MR) is 54.6 cm³/mol. The zero-order valence-corrected chi connectivity index (χ0v) is 8.55. The van der Waals surface area contributed by atoms with Gasteiger partial charge in [-0.05, 0) is 39.5 Å². The fourth-order valence-electron chi connectivity index (χ4n) is 2.27. The van der Waals surface area contributed by atoms with E-state index in [9.17, 15) is 0 Å². The first-order valence-electron chi connectivity index (χ1n) is 5.18. The molecule has 72 valence electrons. The Kier molecular flexibility index (Phi) is 2.07. The second-order valence-electron chi connectivity index (χ2n) is 4.61. The van der Waals surface area contributed by atoms with Crippen LogP contribution < -0.4 is 0 Å². The third-order valence-corrected chi connectivity index (χ3v) is 3.02. The summed E-state index contributed by atoms with van der Waals surface area (Å²) in [5.41, 5.74) is -0.0210. The van der Waals surface area contributed by atoms with Crippen LogP contribution in [-0.2, 0) is 4.74 Å². The van der Waals surface area contributed by atoms with Crippen LogP contribution in [0.25, 0.3) is 0 Å². The molecular weight excluding hydrogens is 160 g/mol. The molecule has 2 atom stereocenters. The van der Waals surface area contributed by atoms with Gasteiger partial charge in [-0.3, -0.25) is 0 Å². The number of hydrogen-bond acceptors (Lipinski definition) is 1. The maximum absolute atomic E-state index is 6.17. The molecule has 2 unspecified atom stereocenters. The van der Waals surface area contributed by atoms with Gasteiger partial charge in [-0.15, -0.1) is 0 Å². The van der Waals surface area contributed by atoms with E-state index in [2.05, 4.69) is 38.2 Å². The number of hydrogen-bond donors (Lipinski definition) is 0. The van der Waals surface area contributed by atoms with Crippen molar-refractivity contribution in [2.75, 3.05) is 0 Å². The van der Waals surface area contributed by atoms with Gasteiger partial charge in [0.15, 0.2) is 0 Å². The normalized spacial score (nSPS) is 43.2. The second kappa shape index (κ2) is 2.98. The molecular formula is C12H18O. The van der Waals surface area contributed by atoms with Gasteiger partial charge in [0.25, 0.3) is 0 Å². The maximum atomic E-state index is 6.17. The highest BCUT2D eigenvalue weighted by atomic mass is 16.5. The minimum atomic E-state index is -0.0105. The van der Waals surface area contributed by atoms with Crippen LogP contribution in [0.4, 0.5) is 0 Å². The quantitative estimate of drug-likeness (QED) is 0.590. The third kappa shape index (κ3) is 1.86. The van der Waals surface area contributed by atoms with Crippen LogP contribution in [-0.4, -0.2) is 11.2 Å². The average Bonchev–Trinajstić information content (AvgIpc) is 2.60. The number of allylic oxidation sites excluding steroid dienone is 2. The Hall–Kier alpha value is -0.560. The van der Waals surface area contributed by atoms with Crippen LogP contribution in [0.15, 0.2) is 24.3 Å². The minimum absolute atomic E-state index is 0.0105. The fraction of sp³-hybridized carbons (Fsp3) is 0.667. The van der Waals surface area contributed by atoms with Crippen molar-refractivity contribution in [1.29, 1.82) is 0 Å². The van der Waals surface area contributed by atoms with E-state index in [0.717, 1.165) is 25.7 Å². The van der Waals surface area contributed by atoms with Crippen molar-refractivity contribution in [1.82, 2.24) is 0 Å². The smallest absolute Gasteiger partial charge is 0.0849 e. The molecule has 1 heteroatoms. The molecule has 0 aromatic rings. The summed E-state index contributed by atoms with van der Waals surface area (Å²) in [4.78, 5) is 0. The summed E-state index contributed by atoms with van der Waals surface area (Å²) in [7, 11) is 0. The maximum Gasteiger partial charge on any atom is 0.0849 e. The summed E-state index contributed by atoms with van der Waals surface area (Å²) in [5, 5.41) is 0. The van der Waals surface area contributed by atoms with Crippen LogP contribution >= 0.6 is 0 Å². The molecule has 1 nitrogen and oxygen atoms in total. The molecule has 2 aliphatic carbocycles. The van der Waals surface area contributed by atoms with Crippen molar-refractivity contribution in [2.24, 2.45) is 0 Å². The monoisotopic (exact) mass is 178 g/mol. The van der Waals surface area contributed by atoms with Gasteiger partial charge in [-0.2, -0.15) is 0 Å². The van der Waals surface area contributed by atoms with Crippen molar-refractivity contribution in [2.45, 2.75) is 50.7 Å². The van der Waals surface area contributed by atoms with Crippen molar-refractivity contribution in [3.05, 3.63) is 24.3 Å². The van der Waals surface area contributed by atoms with E-state index in [1.165, 1.54) is 0 Å². The van der Waals surface area contributed by atoms with Gasteiger partial charge < -0.3 is 4.74 Å². The van der Waals surface area contributed by atoms with Crippen molar-refractivity contribution in [3.8, 4) is 0 Å². The van der Waals surface area contributed by atoms with Gasteiger partial charge in [0.2, 0.25) is 0 Å². The molecule has 0 radical (unpaired) electrons. The van der Waals surface area contributed by atoms with E-state index in [0.29, 0.717) is 0 Å². The first-order valence-corrected chi connectivity index (χ1v) is 5.18. The molecule has 2 rings (SSSR count). The highest BCUT2D eigenvalue weighted by Gasteiger charge is 2.35. The first kappa shape index (κ1) is 9.01. The van der Waals surface area contributed by atoms with Gasteiger partial charge in [0, 0.05) is 0 Å². The summed E-state index contributed by atoms with van der Waals surface area (Å²) in [6, 6.07) is 0. The average molecular weight is 178 g/mol. The molecule has 0 N–H and O–H groups in total. The second-order valence-corrected chi connectivity index (χ2v) is 4.61. The van der Waals surface area contributed by atoms with E-state index in [1.807, 2.05) is 0 Å². The van der Waals surface area contributed by atoms with Crippen molar-refractivity contribution in [3.63, 3.8) is 0 Å². The van der Waals surface area contributed by atoms with E-state index in [1.54, 1.807) is 0 Å². The van der Waals surface area contributed by atoms with Crippen molar-refractivity contribution >= 4 is 0 Å². The standard InChI is InChI=1S/C12H18O/c1-11(7-3-4-8-11)13-12(2)9-5-6-10-12/h3,5,7,9H,4,6,8,10H2,1-2H3.